The highest BCUT2D eigenvalue weighted by Crippen LogP contribution is 2.34. The van der Waals surface area contributed by atoms with Gasteiger partial charge in [-0.2, -0.15) is 41.3 Å². The standard InChI is InChI=1S/C15H17F8N5O/c1-5(14(18,19)20)24-12-26-11(7-3-4-8(16)10(29)9(7)17)27-13(28-12)25-6(2)15(21,22)23/h5-6,8,10,29H,3-4H2,1-2H3,(H2,24,25,26,27,28)/t5-,6-,8?,10?/m1/s1/i10D. The molecule has 1 aliphatic carbocycles. The van der Waals surface area contributed by atoms with Crippen molar-refractivity contribution in [2.75, 3.05) is 10.6 Å². The number of alkyl halides is 7. The number of nitrogens with zero attached hydrogens (tertiary/aromatic N) is 3. The van der Waals surface area contributed by atoms with Crippen LogP contribution in [0.4, 0.5) is 47.0 Å². The third-order valence-corrected chi connectivity index (χ3v) is 4.01. The molecule has 4 atom stereocenters. The van der Waals surface area contributed by atoms with Gasteiger partial charge in [0.05, 0.1) is 1.37 Å². The van der Waals surface area contributed by atoms with Gasteiger partial charge in [0.15, 0.2) is 5.82 Å². The van der Waals surface area contributed by atoms with Gasteiger partial charge in [0.25, 0.3) is 0 Å². The lowest BCUT2D eigenvalue weighted by Crippen LogP contribution is -2.35. The van der Waals surface area contributed by atoms with Crippen LogP contribution in [-0.2, 0) is 0 Å². The summed E-state index contributed by atoms with van der Waals surface area (Å²) < 4.78 is 112. The van der Waals surface area contributed by atoms with E-state index in [0.29, 0.717) is 13.8 Å². The van der Waals surface area contributed by atoms with Gasteiger partial charge in [-0.15, -0.1) is 0 Å². The quantitative estimate of drug-likeness (QED) is 0.610. The summed E-state index contributed by atoms with van der Waals surface area (Å²) in [4.78, 5) is 10.5. The van der Waals surface area contributed by atoms with E-state index < -0.39 is 78.7 Å². The Kier molecular flexibility index (Phi) is 6.10. The highest BCUT2D eigenvalue weighted by molar-refractivity contribution is 5.65. The molecular formula is C15H17F8N5O. The van der Waals surface area contributed by atoms with Gasteiger partial charge >= 0.3 is 12.4 Å². The van der Waals surface area contributed by atoms with Crippen LogP contribution in [0.25, 0.3) is 5.57 Å². The molecule has 6 nitrogen and oxygen atoms in total. The van der Waals surface area contributed by atoms with Gasteiger partial charge in [0.1, 0.15) is 30.2 Å². The fourth-order valence-electron chi connectivity index (χ4n) is 2.21. The van der Waals surface area contributed by atoms with Crippen LogP contribution in [0.15, 0.2) is 5.83 Å². The molecule has 0 aromatic carbocycles. The van der Waals surface area contributed by atoms with Crippen LogP contribution in [0.3, 0.4) is 0 Å². The lowest BCUT2D eigenvalue weighted by atomic mass is 9.94. The van der Waals surface area contributed by atoms with Gasteiger partial charge in [-0.25, -0.2) is 8.78 Å². The second-order valence-corrected chi connectivity index (χ2v) is 6.31. The first-order valence-corrected chi connectivity index (χ1v) is 8.22. The second-order valence-electron chi connectivity index (χ2n) is 6.31. The van der Waals surface area contributed by atoms with E-state index >= 15 is 0 Å². The maximum absolute atomic E-state index is 14.4. The number of anilines is 2. The Bertz CT molecular complexity index is 773. The zero-order valence-corrected chi connectivity index (χ0v) is 15.0. The highest BCUT2D eigenvalue weighted by atomic mass is 19.4. The molecule has 0 radical (unpaired) electrons. The summed E-state index contributed by atoms with van der Waals surface area (Å²) in [5.74, 6) is -4.11. The van der Waals surface area contributed by atoms with E-state index in [-0.39, 0.29) is 0 Å². The van der Waals surface area contributed by atoms with Gasteiger partial charge in [-0.3, -0.25) is 0 Å². The largest absolute Gasteiger partial charge is 0.408 e. The maximum atomic E-state index is 14.4. The summed E-state index contributed by atoms with van der Waals surface area (Å²) in [6.07, 6.45) is -16.1. The van der Waals surface area contributed by atoms with Crippen molar-refractivity contribution in [2.24, 2.45) is 0 Å². The van der Waals surface area contributed by atoms with Crippen molar-refractivity contribution >= 4 is 17.5 Å². The Labute approximate surface area is 160 Å². The van der Waals surface area contributed by atoms with Crippen LogP contribution < -0.4 is 10.6 Å². The van der Waals surface area contributed by atoms with E-state index in [9.17, 15) is 40.2 Å². The summed E-state index contributed by atoms with van der Waals surface area (Å²) in [6, 6.07) is -4.46. The van der Waals surface area contributed by atoms with Crippen LogP contribution in [0.2, 0.25) is 0 Å². The molecule has 0 bridgehead atoms. The Morgan fingerprint density at radius 2 is 1.45 bits per heavy atom. The second kappa shape index (κ2) is 8.24. The Morgan fingerprint density at radius 3 is 1.86 bits per heavy atom. The Morgan fingerprint density at radius 1 is 1.00 bits per heavy atom. The summed E-state index contributed by atoms with van der Waals surface area (Å²) in [5, 5.41) is 13.3. The van der Waals surface area contributed by atoms with E-state index in [0.717, 1.165) is 0 Å². The zero-order chi connectivity index (χ0) is 23.1. The minimum atomic E-state index is -4.77. The lowest BCUT2D eigenvalue weighted by Gasteiger charge is -2.24. The number of allylic oxidation sites excluding steroid dienone is 1. The third-order valence-electron chi connectivity index (χ3n) is 4.01. The number of rotatable bonds is 5. The van der Waals surface area contributed by atoms with Crippen molar-refractivity contribution < 1.29 is 41.6 Å². The van der Waals surface area contributed by atoms with E-state index in [1.54, 1.807) is 0 Å². The first kappa shape index (κ1) is 21.5. The maximum Gasteiger partial charge on any atom is 0.408 e. The first-order valence-electron chi connectivity index (χ1n) is 8.72. The molecule has 1 heterocycles. The monoisotopic (exact) mass is 436 g/mol. The van der Waals surface area contributed by atoms with Crippen LogP contribution >= 0.6 is 0 Å². The SMILES string of the molecule is [2H]C1(O)C(F)=C(c2nc(N[C@H](C)C(F)(F)F)nc(N[C@H](C)C(F)(F)F)n2)CCC1F. The highest BCUT2D eigenvalue weighted by Gasteiger charge is 2.39. The Hall–Kier alpha value is -2.25. The summed E-state index contributed by atoms with van der Waals surface area (Å²) in [6.45, 7) is 1.37. The van der Waals surface area contributed by atoms with Crippen LogP contribution in [0.5, 0.6) is 0 Å². The van der Waals surface area contributed by atoms with E-state index in [4.69, 9.17) is 1.37 Å². The van der Waals surface area contributed by atoms with E-state index in [1.807, 2.05) is 10.6 Å². The number of halogens is 8. The molecule has 1 aromatic rings. The topological polar surface area (TPSA) is 83.0 Å². The van der Waals surface area contributed by atoms with Gasteiger partial charge in [-0.05, 0) is 26.7 Å². The average molecular weight is 436 g/mol. The molecule has 0 saturated heterocycles. The molecule has 2 unspecified atom stereocenters. The van der Waals surface area contributed by atoms with Crippen molar-refractivity contribution in [1.29, 1.82) is 0 Å². The first-order chi connectivity index (χ1) is 13.5. The molecule has 164 valence electrons. The molecule has 2 rings (SSSR count). The minimum Gasteiger partial charge on any atom is -0.383 e. The third kappa shape index (κ3) is 5.64. The van der Waals surface area contributed by atoms with Crippen LogP contribution in [0.1, 0.15) is 33.9 Å². The molecule has 0 aliphatic heterocycles. The normalized spacial score (nSPS) is 26.0. The van der Waals surface area contributed by atoms with Gasteiger partial charge in [0, 0.05) is 5.57 Å². The zero-order valence-electron chi connectivity index (χ0n) is 16.0. The van der Waals surface area contributed by atoms with Crippen LogP contribution in [0, 0.1) is 0 Å². The molecule has 0 fully saturated rings. The van der Waals surface area contributed by atoms with Crippen molar-refractivity contribution in [3.8, 4) is 0 Å². The smallest absolute Gasteiger partial charge is 0.383 e. The van der Waals surface area contributed by atoms with Gasteiger partial charge < -0.3 is 15.7 Å². The number of hydrogen-bond donors (Lipinski definition) is 3. The van der Waals surface area contributed by atoms with Crippen molar-refractivity contribution in [3.05, 3.63) is 11.7 Å². The van der Waals surface area contributed by atoms with Gasteiger partial charge in [-0.1, -0.05) is 0 Å². The lowest BCUT2D eigenvalue weighted by molar-refractivity contribution is -0.139. The number of nitrogens with one attached hydrogen (secondary N) is 2. The van der Waals surface area contributed by atoms with Crippen molar-refractivity contribution in [3.63, 3.8) is 0 Å². The Balaban J connectivity index is 2.52. The van der Waals surface area contributed by atoms with E-state index in [1.165, 1.54) is 0 Å². The predicted molar refractivity (Wildman–Crippen MR) is 86.3 cm³/mol. The molecule has 1 aromatic heterocycles. The van der Waals surface area contributed by atoms with E-state index in [2.05, 4.69) is 15.0 Å². The number of aliphatic hydroxyl groups is 1. The molecule has 3 N–H and O–H groups in total. The predicted octanol–water partition coefficient (Wildman–Crippen LogP) is 3.77. The molecular weight excluding hydrogens is 418 g/mol. The average Bonchev–Trinajstić information content (AvgIpc) is 2.58. The molecule has 0 spiro atoms. The summed E-state index contributed by atoms with van der Waals surface area (Å²) in [7, 11) is 0. The van der Waals surface area contributed by atoms with Crippen LogP contribution in [-0.4, -0.2) is 56.7 Å². The fourth-order valence-corrected chi connectivity index (χ4v) is 2.21. The number of aromatic nitrogens is 3. The minimum absolute atomic E-state index is 0.458. The molecule has 29 heavy (non-hydrogen) atoms. The molecule has 14 heteroatoms. The molecule has 1 aliphatic rings. The fraction of sp³-hybridized carbons (Fsp3) is 0.667. The van der Waals surface area contributed by atoms with Crippen molar-refractivity contribution in [1.82, 2.24) is 15.0 Å². The summed E-state index contributed by atoms with van der Waals surface area (Å²) >= 11 is 0. The molecule has 0 amide bonds. The summed E-state index contributed by atoms with van der Waals surface area (Å²) in [5.41, 5.74) is -0.630. The van der Waals surface area contributed by atoms with Crippen molar-refractivity contribution in [2.45, 2.75) is 63.4 Å². The molecule has 0 saturated carbocycles. The number of hydrogen-bond acceptors (Lipinski definition) is 6. The van der Waals surface area contributed by atoms with Gasteiger partial charge in [0.2, 0.25) is 11.9 Å².